The number of nitro groups is 1. The van der Waals surface area contributed by atoms with Crippen LogP contribution >= 0.6 is 0 Å². The molecule has 0 unspecified atom stereocenters. The Balaban J connectivity index is 2.24. The second-order valence-electron chi connectivity index (χ2n) is 3.63. The van der Waals surface area contributed by atoms with Gasteiger partial charge < -0.3 is 14.9 Å². The number of aromatic carboxylic acids is 1. The largest absolute Gasteiger partial charge is 0.478 e. The lowest BCUT2D eigenvalue weighted by atomic mass is 10.1. The number of hydrogen-bond acceptors (Lipinski definition) is 6. The fraction of sp³-hybridized carbons (Fsp3) is 0.0909. The van der Waals surface area contributed by atoms with Crippen LogP contribution in [0.4, 0.5) is 11.4 Å². The summed E-state index contributed by atoms with van der Waals surface area (Å²) in [4.78, 5) is 21.0. The van der Waals surface area contributed by atoms with Crippen molar-refractivity contribution in [1.82, 2.24) is 5.16 Å². The maximum atomic E-state index is 10.9. The first-order chi connectivity index (χ1) is 9.08. The summed E-state index contributed by atoms with van der Waals surface area (Å²) in [6.07, 6.45) is 1.46. The monoisotopic (exact) mass is 263 g/mol. The normalized spacial score (nSPS) is 10.1. The van der Waals surface area contributed by atoms with Crippen molar-refractivity contribution >= 4 is 17.3 Å². The molecule has 2 aromatic rings. The third-order valence-electron chi connectivity index (χ3n) is 2.39. The highest BCUT2D eigenvalue weighted by Crippen LogP contribution is 2.26. The highest BCUT2D eigenvalue weighted by atomic mass is 16.6. The zero-order valence-corrected chi connectivity index (χ0v) is 9.57. The Morgan fingerprint density at radius 3 is 2.84 bits per heavy atom. The molecule has 0 saturated heterocycles. The second kappa shape index (κ2) is 5.17. The van der Waals surface area contributed by atoms with Crippen LogP contribution in [0.15, 0.2) is 35.0 Å². The van der Waals surface area contributed by atoms with Gasteiger partial charge in [-0.1, -0.05) is 5.16 Å². The fourth-order valence-electron chi connectivity index (χ4n) is 1.48. The summed E-state index contributed by atoms with van der Waals surface area (Å²) in [5.41, 5.74) is -0.234. The van der Waals surface area contributed by atoms with E-state index in [0.717, 1.165) is 6.07 Å². The van der Waals surface area contributed by atoms with Gasteiger partial charge in [0.2, 0.25) is 0 Å². The second-order valence-corrected chi connectivity index (χ2v) is 3.63. The van der Waals surface area contributed by atoms with Gasteiger partial charge >= 0.3 is 5.97 Å². The van der Waals surface area contributed by atoms with E-state index in [-0.39, 0.29) is 23.5 Å². The molecule has 8 nitrogen and oxygen atoms in total. The first kappa shape index (κ1) is 12.6. The summed E-state index contributed by atoms with van der Waals surface area (Å²) in [6.45, 7) is 0.216. The molecule has 19 heavy (non-hydrogen) atoms. The quantitative estimate of drug-likeness (QED) is 0.624. The number of nitrogens with one attached hydrogen (secondary N) is 1. The lowest BCUT2D eigenvalue weighted by molar-refractivity contribution is -0.384. The van der Waals surface area contributed by atoms with Gasteiger partial charge in [0, 0.05) is 12.1 Å². The third kappa shape index (κ3) is 2.86. The molecular formula is C11H9N3O5. The molecular weight excluding hydrogens is 254 g/mol. The molecule has 2 rings (SSSR count). The van der Waals surface area contributed by atoms with Crippen LogP contribution in [-0.4, -0.2) is 21.2 Å². The molecule has 98 valence electrons. The van der Waals surface area contributed by atoms with Gasteiger partial charge in [0.1, 0.15) is 5.69 Å². The molecule has 0 aliphatic carbocycles. The smallest absolute Gasteiger partial charge is 0.335 e. The van der Waals surface area contributed by atoms with Crippen LogP contribution in [0, 0.1) is 10.1 Å². The maximum absolute atomic E-state index is 10.9. The van der Waals surface area contributed by atoms with E-state index in [9.17, 15) is 14.9 Å². The van der Waals surface area contributed by atoms with Crippen molar-refractivity contribution in [3.8, 4) is 0 Å². The highest BCUT2D eigenvalue weighted by molar-refractivity contribution is 5.89. The molecule has 8 heteroatoms. The predicted molar refractivity (Wildman–Crippen MR) is 63.9 cm³/mol. The van der Waals surface area contributed by atoms with Gasteiger partial charge in [0.15, 0.2) is 5.76 Å². The van der Waals surface area contributed by atoms with Gasteiger partial charge in [-0.3, -0.25) is 10.1 Å². The van der Waals surface area contributed by atoms with Gasteiger partial charge in [0.05, 0.1) is 23.2 Å². The number of nitrogens with zero attached hydrogens (tertiary/aromatic N) is 2. The lowest BCUT2D eigenvalue weighted by Gasteiger charge is -2.05. The average Bonchev–Trinajstić information content (AvgIpc) is 2.89. The van der Waals surface area contributed by atoms with E-state index in [4.69, 9.17) is 9.63 Å². The number of aromatic nitrogens is 1. The van der Waals surface area contributed by atoms with Gasteiger partial charge in [0.25, 0.3) is 5.69 Å². The van der Waals surface area contributed by atoms with E-state index in [1.54, 1.807) is 6.07 Å². The number of hydrogen-bond donors (Lipinski definition) is 2. The van der Waals surface area contributed by atoms with E-state index in [1.165, 1.54) is 18.3 Å². The minimum atomic E-state index is -1.22. The Kier molecular flexibility index (Phi) is 3.42. The molecule has 1 aromatic carbocycles. The van der Waals surface area contributed by atoms with Crippen molar-refractivity contribution in [2.75, 3.05) is 5.32 Å². The summed E-state index contributed by atoms with van der Waals surface area (Å²) in [6, 6.07) is 5.26. The molecule has 1 aromatic heterocycles. The number of benzene rings is 1. The van der Waals surface area contributed by atoms with Crippen LogP contribution in [0.2, 0.25) is 0 Å². The molecule has 0 radical (unpaired) electrons. The summed E-state index contributed by atoms with van der Waals surface area (Å²) in [5.74, 6) is -0.707. The Hall–Kier alpha value is -2.90. The van der Waals surface area contributed by atoms with Crippen LogP contribution in [0.3, 0.4) is 0 Å². The molecule has 0 spiro atoms. The van der Waals surface area contributed by atoms with Crippen molar-refractivity contribution in [3.05, 3.63) is 51.9 Å². The Labute approximate surface area is 106 Å². The van der Waals surface area contributed by atoms with E-state index in [0.29, 0.717) is 5.76 Å². The fourth-order valence-corrected chi connectivity index (χ4v) is 1.48. The molecule has 0 aliphatic heterocycles. The van der Waals surface area contributed by atoms with Gasteiger partial charge in [-0.05, 0) is 12.1 Å². The molecule has 0 saturated carbocycles. The molecule has 0 atom stereocenters. The lowest BCUT2D eigenvalue weighted by Crippen LogP contribution is -2.04. The zero-order valence-electron chi connectivity index (χ0n) is 9.57. The van der Waals surface area contributed by atoms with Crippen molar-refractivity contribution in [2.24, 2.45) is 0 Å². The van der Waals surface area contributed by atoms with Crippen LogP contribution < -0.4 is 5.32 Å². The number of carbonyl (C=O) groups is 1. The number of nitro benzene ring substituents is 1. The topological polar surface area (TPSA) is 118 Å². The minimum absolute atomic E-state index is 0.142. The third-order valence-corrected chi connectivity index (χ3v) is 2.39. The minimum Gasteiger partial charge on any atom is -0.478 e. The van der Waals surface area contributed by atoms with Crippen molar-refractivity contribution in [1.29, 1.82) is 0 Å². The van der Waals surface area contributed by atoms with Crippen LogP contribution in [-0.2, 0) is 6.54 Å². The van der Waals surface area contributed by atoms with Crippen LogP contribution in [0.5, 0.6) is 0 Å². The Bertz CT molecular complexity index is 609. The van der Waals surface area contributed by atoms with E-state index < -0.39 is 10.9 Å². The number of rotatable bonds is 5. The first-order valence-corrected chi connectivity index (χ1v) is 5.23. The van der Waals surface area contributed by atoms with Crippen LogP contribution in [0.1, 0.15) is 16.1 Å². The summed E-state index contributed by atoms with van der Waals surface area (Å²) >= 11 is 0. The summed E-state index contributed by atoms with van der Waals surface area (Å²) < 4.78 is 4.84. The molecule has 0 bridgehead atoms. The Morgan fingerprint density at radius 1 is 1.47 bits per heavy atom. The molecule has 2 N–H and O–H groups in total. The molecule has 1 heterocycles. The van der Waals surface area contributed by atoms with Gasteiger partial charge in [-0.15, -0.1) is 0 Å². The molecule has 0 amide bonds. The standard InChI is InChI=1S/C11H9N3O5/c15-11(16)7-1-2-9(10(5-7)14(17)18)12-6-8-3-4-13-19-8/h1-5,12H,6H2,(H,15,16). The average molecular weight is 263 g/mol. The van der Waals surface area contributed by atoms with E-state index in [2.05, 4.69) is 10.5 Å². The molecule has 0 fully saturated rings. The highest BCUT2D eigenvalue weighted by Gasteiger charge is 2.17. The number of carboxylic acids is 1. The predicted octanol–water partition coefficient (Wildman–Crippen LogP) is 1.89. The van der Waals surface area contributed by atoms with E-state index >= 15 is 0 Å². The summed E-state index contributed by atoms with van der Waals surface area (Å²) in [7, 11) is 0. The van der Waals surface area contributed by atoms with Gasteiger partial charge in [-0.25, -0.2) is 4.79 Å². The van der Waals surface area contributed by atoms with E-state index in [1.807, 2.05) is 0 Å². The van der Waals surface area contributed by atoms with Crippen molar-refractivity contribution in [3.63, 3.8) is 0 Å². The van der Waals surface area contributed by atoms with Crippen molar-refractivity contribution < 1.29 is 19.3 Å². The number of carboxylic acid groups (broad SMARTS) is 1. The number of anilines is 1. The SMILES string of the molecule is O=C(O)c1ccc(NCc2ccno2)c([N+](=O)[O-])c1. The maximum Gasteiger partial charge on any atom is 0.335 e. The van der Waals surface area contributed by atoms with Crippen LogP contribution in [0.25, 0.3) is 0 Å². The zero-order chi connectivity index (χ0) is 13.8. The first-order valence-electron chi connectivity index (χ1n) is 5.23. The van der Waals surface area contributed by atoms with Gasteiger partial charge in [-0.2, -0.15) is 0 Å². The summed E-state index contributed by atoms with van der Waals surface area (Å²) in [5, 5.41) is 26.0. The Morgan fingerprint density at radius 2 is 2.26 bits per heavy atom. The van der Waals surface area contributed by atoms with Crippen molar-refractivity contribution in [2.45, 2.75) is 6.54 Å². The molecule has 0 aliphatic rings.